The topological polar surface area (TPSA) is 61.9 Å². The van der Waals surface area contributed by atoms with Crippen LogP contribution in [-0.2, 0) is 16.0 Å². The van der Waals surface area contributed by atoms with E-state index in [2.05, 4.69) is 5.32 Å². The van der Waals surface area contributed by atoms with Crippen LogP contribution in [0.25, 0.3) is 0 Å². The van der Waals surface area contributed by atoms with E-state index in [1.807, 2.05) is 0 Å². The highest BCUT2D eigenvalue weighted by Gasteiger charge is 2.43. The van der Waals surface area contributed by atoms with E-state index in [0.717, 1.165) is 18.2 Å². The lowest BCUT2D eigenvalue weighted by Crippen LogP contribution is -2.53. The minimum Gasteiger partial charge on any atom is -0.383 e. The number of likely N-dealkylation sites (tertiary alicyclic amines) is 1. The van der Waals surface area contributed by atoms with E-state index in [9.17, 15) is 18.4 Å². The Hall–Kier alpha value is -2.22. The van der Waals surface area contributed by atoms with E-state index < -0.39 is 11.6 Å². The molecule has 3 rings (SSSR count). The van der Waals surface area contributed by atoms with Gasteiger partial charge in [-0.25, -0.2) is 13.6 Å². The number of carbonyl (C=O) groups is 2. The summed E-state index contributed by atoms with van der Waals surface area (Å²) in [5.74, 6) is -1.43. The molecule has 136 valence electrons. The fraction of sp³-hybridized carbons (Fsp3) is 0.529. The van der Waals surface area contributed by atoms with Crippen LogP contribution in [0.4, 0.5) is 13.6 Å². The average molecular weight is 353 g/mol. The van der Waals surface area contributed by atoms with E-state index in [1.54, 1.807) is 16.9 Å². The number of urea groups is 1. The predicted molar refractivity (Wildman–Crippen MR) is 85.9 cm³/mol. The fourth-order valence-corrected chi connectivity index (χ4v) is 3.48. The van der Waals surface area contributed by atoms with Crippen LogP contribution in [0.3, 0.4) is 0 Å². The molecule has 0 radical (unpaired) electrons. The van der Waals surface area contributed by atoms with Crippen molar-refractivity contribution in [3.8, 4) is 0 Å². The first kappa shape index (κ1) is 17.6. The van der Waals surface area contributed by atoms with Crippen molar-refractivity contribution in [1.82, 2.24) is 15.1 Å². The first-order valence-corrected chi connectivity index (χ1v) is 8.27. The monoisotopic (exact) mass is 353 g/mol. The number of nitrogens with one attached hydrogen (secondary N) is 1. The molecular formula is C17H21F2N3O3. The maximum absolute atomic E-state index is 13.7. The van der Waals surface area contributed by atoms with Gasteiger partial charge in [0.05, 0.1) is 25.1 Å². The van der Waals surface area contributed by atoms with Crippen LogP contribution in [-0.4, -0.2) is 67.2 Å². The van der Waals surface area contributed by atoms with Crippen molar-refractivity contribution >= 4 is 11.9 Å². The van der Waals surface area contributed by atoms with Gasteiger partial charge in [-0.05, 0) is 24.6 Å². The lowest BCUT2D eigenvalue weighted by Gasteiger charge is -2.36. The van der Waals surface area contributed by atoms with Crippen molar-refractivity contribution in [2.24, 2.45) is 0 Å². The van der Waals surface area contributed by atoms with Gasteiger partial charge in [-0.2, -0.15) is 0 Å². The van der Waals surface area contributed by atoms with E-state index in [1.165, 1.54) is 0 Å². The molecule has 0 aromatic heterocycles. The normalized spacial score (nSPS) is 22.8. The molecule has 2 heterocycles. The first-order chi connectivity index (χ1) is 12.0. The van der Waals surface area contributed by atoms with Crippen LogP contribution in [0.5, 0.6) is 0 Å². The summed E-state index contributed by atoms with van der Waals surface area (Å²) >= 11 is 0. The summed E-state index contributed by atoms with van der Waals surface area (Å²) in [6.45, 7) is 1.81. The van der Waals surface area contributed by atoms with Crippen LogP contribution < -0.4 is 5.32 Å². The second-order valence-electron chi connectivity index (χ2n) is 6.35. The van der Waals surface area contributed by atoms with Gasteiger partial charge in [-0.15, -0.1) is 0 Å². The molecule has 1 aromatic rings. The Morgan fingerprint density at radius 3 is 2.96 bits per heavy atom. The summed E-state index contributed by atoms with van der Waals surface area (Å²) < 4.78 is 32.0. The summed E-state index contributed by atoms with van der Waals surface area (Å²) in [5, 5.41) is 2.89. The molecule has 0 spiro atoms. The van der Waals surface area contributed by atoms with Crippen molar-refractivity contribution < 1.29 is 23.1 Å². The highest BCUT2D eigenvalue weighted by atomic mass is 19.1. The molecule has 1 N–H and O–H groups in total. The number of rotatable bonds is 5. The number of benzene rings is 1. The van der Waals surface area contributed by atoms with E-state index >= 15 is 0 Å². The quantitative estimate of drug-likeness (QED) is 0.864. The van der Waals surface area contributed by atoms with Gasteiger partial charge in [0.2, 0.25) is 5.91 Å². The molecular weight excluding hydrogens is 332 g/mol. The van der Waals surface area contributed by atoms with Crippen molar-refractivity contribution in [2.75, 3.05) is 33.4 Å². The Labute approximate surface area is 144 Å². The zero-order valence-electron chi connectivity index (χ0n) is 14.0. The lowest BCUT2D eigenvalue weighted by atomic mass is 9.99. The lowest BCUT2D eigenvalue weighted by molar-refractivity contribution is -0.132. The van der Waals surface area contributed by atoms with Crippen LogP contribution in [0.1, 0.15) is 12.0 Å². The maximum atomic E-state index is 13.7. The molecule has 0 saturated carbocycles. The average Bonchev–Trinajstić information content (AvgIpc) is 2.90. The summed E-state index contributed by atoms with van der Waals surface area (Å²) in [4.78, 5) is 27.8. The molecule has 8 heteroatoms. The number of nitrogens with zero attached hydrogens (tertiary/aromatic N) is 2. The van der Waals surface area contributed by atoms with Crippen molar-refractivity contribution in [1.29, 1.82) is 0 Å². The molecule has 2 saturated heterocycles. The van der Waals surface area contributed by atoms with Gasteiger partial charge in [0, 0.05) is 32.3 Å². The smallest absolute Gasteiger partial charge is 0.318 e. The molecule has 0 bridgehead atoms. The molecule has 2 aliphatic rings. The molecule has 0 aliphatic carbocycles. The van der Waals surface area contributed by atoms with Crippen molar-refractivity contribution in [3.63, 3.8) is 0 Å². The summed E-state index contributed by atoms with van der Waals surface area (Å²) in [6, 6.07) is 2.81. The SMILES string of the molecule is COCCN1C(=O)N[C@@H]2CN(C(=O)Cc3cc(F)ccc3F)CC[C@@H]21. The van der Waals surface area contributed by atoms with Gasteiger partial charge in [0.15, 0.2) is 0 Å². The third-order valence-corrected chi connectivity index (χ3v) is 4.78. The van der Waals surface area contributed by atoms with Gasteiger partial charge in [0.1, 0.15) is 11.6 Å². The van der Waals surface area contributed by atoms with Crippen molar-refractivity contribution in [3.05, 3.63) is 35.4 Å². The number of ether oxygens (including phenoxy) is 1. The number of piperidine rings is 1. The highest BCUT2D eigenvalue weighted by Crippen LogP contribution is 2.23. The Kier molecular flexibility index (Phi) is 5.17. The summed E-state index contributed by atoms with van der Waals surface area (Å²) in [6.07, 6.45) is 0.451. The Balaban J connectivity index is 1.62. The molecule has 2 atom stereocenters. The van der Waals surface area contributed by atoms with Crippen LogP contribution in [0.15, 0.2) is 18.2 Å². The number of methoxy groups -OCH3 is 1. The zero-order valence-corrected chi connectivity index (χ0v) is 14.0. The second-order valence-corrected chi connectivity index (χ2v) is 6.35. The van der Waals surface area contributed by atoms with Gasteiger partial charge in [-0.3, -0.25) is 4.79 Å². The number of amides is 3. The molecule has 0 unspecified atom stereocenters. The van der Waals surface area contributed by atoms with Crippen molar-refractivity contribution in [2.45, 2.75) is 24.9 Å². The van der Waals surface area contributed by atoms with Crippen LogP contribution in [0, 0.1) is 11.6 Å². The number of hydrogen-bond acceptors (Lipinski definition) is 3. The van der Waals surface area contributed by atoms with Gasteiger partial charge in [0.25, 0.3) is 0 Å². The molecule has 6 nitrogen and oxygen atoms in total. The third kappa shape index (κ3) is 3.73. The third-order valence-electron chi connectivity index (χ3n) is 4.78. The van der Waals surface area contributed by atoms with Crippen LogP contribution in [0.2, 0.25) is 0 Å². The summed E-state index contributed by atoms with van der Waals surface area (Å²) in [7, 11) is 1.58. The first-order valence-electron chi connectivity index (χ1n) is 8.27. The number of carbonyl (C=O) groups excluding carboxylic acids is 2. The van der Waals surface area contributed by atoms with E-state index in [-0.39, 0.29) is 36.0 Å². The minimum absolute atomic E-state index is 0.0256. The Morgan fingerprint density at radius 2 is 2.20 bits per heavy atom. The Morgan fingerprint density at radius 1 is 1.40 bits per heavy atom. The molecule has 3 amide bonds. The van der Waals surface area contributed by atoms with E-state index in [4.69, 9.17) is 4.74 Å². The second kappa shape index (κ2) is 7.35. The molecule has 1 aromatic carbocycles. The number of halogens is 2. The fourth-order valence-electron chi connectivity index (χ4n) is 3.48. The minimum atomic E-state index is -0.593. The largest absolute Gasteiger partial charge is 0.383 e. The molecule has 2 fully saturated rings. The highest BCUT2D eigenvalue weighted by molar-refractivity contribution is 5.80. The summed E-state index contributed by atoms with van der Waals surface area (Å²) in [5.41, 5.74) is 0.0457. The molecule has 25 heavy (non-hydrogen) atoms. The van der Waals surface area contributed by atoms with Crippen LogP contribution >= 0.6 is 0 Å². The van der Waals surface area contributed by atoms with Gasteiger partial charge < -0.3 is 19.9 Å². The van der Waals surface area contributed by atoms with Gasteiger partial charge >= 0.3 is 6.03 Å². The zero-order chi connectivity index (χ0) is 18.0. The van der Waals surface area contributed by atoms with E-state index in [0.29, 0.717) is 32.7 Å². The Bertz CT molecular complexity index is 671. The van der Waals surface area contributed by atoms with Gasteiger partial charge in [-0.1, -0.05) is 0 Å². The number of hydrogen-bond donors (Lipinski definition) is 1. The maximum Gasteiger partial charge on any atom is 0.318 e. The number of fused-ring (bicyclic) bond motifs is 1. The predicted octanol–water partition coefficient (Wildman–Crippen LogP) is 1.15. The molecule has 2 aliphatic heterocycles. The standard InChI is InChI=1S/C17H21F2N3O3/c1-25-7-6-22-15-4-5-21(10-14(15)20-17(22)24)16(23)9-11-8-12(18)2-3-13(11)19/h2-3,8,14-15H,4-7,9-10H2,1H3,(H,20,24)/t14-,15+/m1/s1.